The third-order valence-electron chi connectivity index (χ3n) is 4.84. The second-order valence-electron chi connectivity index (χ2n) is 7.11. The zero-order valence-electron chi connectivity index (χ0n) is 16.4. The van der Waals surface area contributed by atoms with Crippen LogP contribution < -0.4 is 10.1 Å². The van der Waals surface area contributed by atoms with Gasteiger partial charge in [-0.15, -0.1) is 0 Å². The summed E-state index contributed by atoms with van der Waals surface area (Å²) in [5.74, 6) is -0.0672. The van der Waals surface area contributed by atoms with Gasteiger partial charge >= 0.3 is 0 Å². The molecule has 0 aliphatic carbocycles. The lowest BCUT2D eigenvalue weighted by Crippen LogP contribution is -2.44. The molecule has 4 rings (SSSR count). The number of likely N-dealkylation sites (tertiary alicyclic amines) is 1. The molecule has 31 heavy (non-hydrogen) atoms. The van der Waals surface area contributed by atoms with Gasteiger partial charge in [-0.25, -0.2) is 14.1 Å². The molecule has 1 aliphatic rings. The molecule has 160 valence electrons. The van der Waals surface area contributed by atoms with Gasteiger partial charge in [-0.2, -0.15) is 5.10 Å². The average molecular weight is 425 g/mol. The van der Waals surface area contributed by atoms with Gasteiger partial charge in [0.15, 0.2) is 0 Å². The fraction of sp³-hybridized carbons (Fsp3) is 0.238. The normalized spacial score (nSPS) is 18.1. The SMILES string of the molecule is O=C(Nc1ccc(Oc2ccc(F)cc2)cc1)[C@H]1C[C@@H](O)CN1C(=O)Cn1cncn1. The number of benzene rings is 2. The number of ether oxygens (including phenoxy) is 1. The Morgan fingerprint density at radius 2 is 1.81 bits per heavy atom. The number of hydrogen-bond acceptors (Lipinski definition) is 6. The molecule has 9 nitrogen and oxygen atoms in total. The van der Waals surface area contributed by atoms with Gasteiger partial charge in [-0.05, 0) is 48.5 Å². The largest absolute Gasteiger partial charge is 0.457 e. The maximum absolute atomic E-state index is 13.0. The van der Waals surface area contributed by atoms with Gasteiger partial charge in [0, 0.05) is 18.7 Å². The van der Waals surface area contributed by atoms with Crippen molar-refractivity contribution in [2.45, 2.75) is 25.1 Å². The Labute approximate surface area is 177 Å². The van der Waals surface area contributed by atoms with Crippen molar-refractivity contribution in [1.82, 2.24) is 19.7 Å². The maximum atomic E-state index is 13.0. The van der Waals surface area contributed by atoms with Crippen molar-refractivity contribution >= 4 is 17.5 Å². The molecule has 0 bridgehead atoms. The summed E-state index contributed by atoms with van der Waals surface area (Å²) in [6, 6.07) is 11.5. The highest BCUT2D eigenvalue weighted by Crippen LogP contribution is 2.24. The van der Waals surface area contributed by atoms with Crippen LogP contribution in [0, 0.1) is 5.82 Å². The van der Waals surface area contributed by atoms with Gasteiger partial charge in [-0.3, -0.25) is 9.59 Å². The molecule has 0 saturated carbocycles. The van der Waals surface area contributed by atoms with Crippen molar-refractivity contribution < 1.29 is 23.8 Å². The van der Waals surface area contributed by atoms with Crippen LogP contribution >= 0.6 is 0 Å². The number of anilines is 1. The van der Waals surface area contributed by atoms with Crippen molar-refractivity contribution in [3.05, 3.63) is 67.0 Å². The molecule has 3 aromatic rings. The second kappa shape index (κ2) is 8.92. The highest BCUT2D eigenvalue weighted by molar-refractivity contribution is 5.97. The van der Waals surface area contributed by atoms with Crippen LogP contribution in [0.1, 0.15) is 6.42 Å². The van der Waals surface area contributed by atoms with E-state index in [0.717, 1.165) is 0 Å². The Kier molecular flexibility index (Phi) is 5.89. The van der Waals surface area contributed by atoms with Gasteiger partial charge < -0.3 is 20.1 Å². The van der Waals surface area contributed by atoms with E-state index in [9.17, 15) is 19.1 Å². The average Bonchev–Trinajstić information content (AvgIpc) is 3.40. The third kappa shape index (κ3) is 5.04. The Bertz CT molecular complexity index is 1040. The van der Waals surface area contributed by atoms with E-state index in [1.54, 1.807) is 24.3 Å². The number of carbonyl (C=O) groups is 2. The molecular formula is C21H20FN5O4. The van der Waals surface area contributed by atoms with Crippen LogP contribution in [0.15, 0.2) is 61.2 Å². The quantitative estimate of drug-likeness (QED) is 0.623. The van der Waals surface area contributed by atoms with Gasteiger partial charge in [0.25, 0.3) is 0 Å². The summed E-state index contributed by atoms with van der Waals surface area (Å²) < 4.78 is 20.0. The molecule has 1 fully saturated rings. The molecule has 2 amide bonds. The first-order valence-electron chi connectivity index (χ1n) is 9.62. The maximum Gasteiger partial charge on any atom is 0.247 e. The van der Waals surface area contributed by atoms with E-state index in [-0.39, 0.29) is 31.2 Å². The van der Waals surface area contributed by atoms with E-state index < -0.39 is 18.1 Å². The zero-order valence-corrected chi connectivity index (χ0v) is 16.4. The zero-order chi connectivity index (χ0) is 21.8. The highest BCUT2D eigenvalue weighted by Gasteiger charge is 2.38. The Balaban J connectivity index is 1.38. The fourth-order valence-electron chi connectivity index (χ4n) is 3.35. The van der Waals surface area contributed by atoms with Gasteiger partial charge in [-0.1, -0.05) is 0 Å². The van der Waals surface area contributed by atoms with E-state index in [0.29, 0.717) is 17.2 Å². The number of aliphatic hydroxyl groups is 1. The Morgan fingerprint density at radius 3 is 2.45 bits per heavy atom. The summed E-state index contributed by atoms with van der Waals surface area (Å²) in [5.41, 5.74) is 0.515. The second-order valence-corrected chi connectivity index (χ2v) is 7.11. The van der Waals surface area contributed by atoms with Crippen LogP contribution in [-0.4, -0.2) is 55.3 Å². The number of halogens is 1. The molecule has 2 atom stereocenters. The van der Waals surface area contributed by atoms with Crippen molar-refractivity contribution in [3.63, 3.8) is 0 Å². The van der Waals surface area contributed by atoms with E-state index >= 15 is 0 Å². The minimum Gasteiger partial charge on any atom is -0.457 e. The van der Waals surface area contributed by atoms with Crippen molar-refractivity contribution in [1.29, 1.82) is 0 Å². The molecule has 0 spiro atoms. The van der Waals surface area contributed by atoms with Crippen molar-refractivity contribution in [2.24, 2.45) is 0 Å². The lowest BCUT2D eigenvalue weighted by Gasteiger charge is -2.23. The number of rotatable bonds is 6. The number of hydrogen-bond donors (Lipinski definition) is 2. The predicted molar refractivity (Wildman–Crippen MR) is 108 cm³/mol. The third-order valence-corrected chi connectivity index (χ3v) is 4.84. The molecule has 10 heteroatoms. The van der Waals surface area contributed by atoms with Crippen LogP contribution in [0.4, 0.5) is 10.1 Å². The number of aliphatic hydroxyl groups excluding tert-OH is 1. The van der Waals surface area contributed by atoms with E-state index in [1.807, 2.05) is 0 Å². The lowest BCUT2D eigenvalue weighted by atomic mass is 10.1. The highest BCUT2D eigenvalue weighted by atomic mass is 19.1. The van der Waals surface area contributed by atoms with Crippen LogP contribution in [0.3, 0.4) is 0 Å². The van der Waals surface area contributed by atoms with Gasteiger partial charge in [0.05, 0.1) is 6.10 Å². The van der Waals surface area contributed by atoms with E-state index in [1.165, 1.54) is 46.5 Å². The summed E-state index contributed by atoms with van der Waals surface area (Å²) in [6.45, 7) is 0.0159. The molecule has 0 unspecified atom stereocenters. The molecule has 2 aromatic carbocycles. The fourth-order valence-corrected chi connectivity index (χ4v) is 3.35. The minimum absolute atomic E-state index is 0.0636. The number of amides is 2. The number of carbonyl (C=O) groups excluding carboxylic acids is 2. The predicted octanol–water partition coefficient (Wildman–Crippen LogP) is 1.81. The number of aromatic nitrogens is 3. The lowest BCUT2D eigenvalue weighted by molar-refractivity contribution is -0.137. The summed E-state index contributed by atoms with van der Waals surface area (Å²) in [5, 5.41) is 16.7. The Morgan fingerprint density at radius 1 is 1.13 bits per heavy atom. The first kappa shape index (κ1) is 20.5. The minimum atomic E-state index is -0.791. The van der Waals surface area contributed by atoms with Crippen molar-refractivity contribution in [3.8, 4) is 11.5 Å². The van der Waals surface area contributed by atoms with E-state index in [4.69, 9.17) is 4.74 Å². The number of nitrogens with one attached hydrogen (secondary N) is 1. The first-order chi connectivity index (χ1) is 15.0. The Hall–Kier alpha value is -3.79. The molecule has 1 saturated heterocycles. The molecule has 2 heterocycles. The summed E-state index contributed by atoms with van der Waals surface area (Å²) in [7, 11) is 0. The van der Waals surface area contributed by atoms with Crippen LogP contribution in [-0.2, 0) is 16.1 Å². The summed E-state index contributed by atoms with van der Waals surface area (Å²) in [6.07, 6.45) is 2.11. The van der Waals surface area contributed by atoms with Gasteiger partial charge in [0.2, 0.25) is 11.8 Å². The summed E-state index contributed by atoms with van der Waals surface area (Å²) in [4.78, 5) is 30.5. The molecule has 0 radical (unpaired) electrons. The van der Waals surface area contributed by atoms with E-state index in [2.05, 4.69) is 15.4 Å². The van der Waals surface area contributed by atoms with Crippen LogP contribution in [0.5, 0.6) is 11.5 Å². The molecular weight excluding hydrogens is 405 g/mol. The smallest absolute Gasteiger partial charge is 0.247 e. The number of β-amino-alcohol motifs (C(OH)–C–C–N with tert-alkyl or cyclic N) is 1. The number of nitrogens with zero attached hydrogens (tertiary/aromatic N) is 4. The first-order valence-corrected chi connectivity index (χ1v) is 9.62. The monoisotopic (exact) mass is 425 g/mol. The topological polar surface area (TPSA) is 110 Å². The van der Waals surface area contributed by atoms with Crippen LogP contribution in [0.25, 0.3) is 0 Å². The standard InChI is InChI=1S/C21H20FN5O4/c22-14-1-5-17(6-2-14)31-18-7-3-15(4-8-18)25-21(30)19-9-16(28)10-27(19)20(29)11-26-13-23-12-24-26/h1-8,12-13,16,19,28H,9-11H2,(H,25,30)/t16-,19-/m1/s1. The van der Waals surface area contributed by atoms with Crippen molar-refractivity contribution in [2.75, 3.05) is 11.9 Å². The molecule has 2 N–H and O–H groups in total. The molecule has 1 aromatic heterocycles. The summed E-state index contributed by atoms with van der Waals surface area (Å²) >= 11 is 0. The van der Waals surface area contributed by atoms with Crippen LogP contribution in [0.2, 0.25) is 0 Å². The molecule has 1 aliphatic heterocycles. The van der Waals surface area contributed by atoms with Gasteiger partial charge in [0.1, 0.15) is 42.6 Å².